The fourth-order valence-electron chi connectivity index (χ4n) is 3.10. The van der Waals surface area contributed by atoms with E-state index in [9.17, 15) is 4.79 Å². The molecular weight excluding hydrogens is 354 g/mol. The van der Waals surface area contributed by atoms with E-state index in [4.69, 9.17) is 10.7 Å². The number of carbonyl (C=O) groups is 1. The number of carbonyl (C=O) groups excluding carboxylic acids is 1. The SMILES string of the molecule is Cc1ccc(CNC(=O)c2sc3nc4cc(C)c(C)cc4cc3c2N)cc1. The number of nitrogens with zero attached hydrogens (tertiary/aromatic N) is 1. The van der Waals surface area contributed by atoms with E-state index < -0.39 is 0 Å². The van der Waals surface area contributed by atoms with Gasteiger partial charge in [0.2, 0.25) is 0 Å². The Morgan fingerprint density at radius 3 is 2.52 bits per heavy atom. The van der Waals surface area contributed by atoms with Crippen LogP contribution < -0.4 is 11.1 Å². The number of hydrogen-bond acceptors (Lipinski definition) is 4. The standard InChI is InChI=1S/C22H21N3OS/c1-12-4-6-15(7-5-12)11-24-21(26)20-19(23)17-10-16-8-13(2)14(3)9-18(16)25-22(17)27-20/h4-10H,11,23H2,1-3H3,(H,24,26). The monoisotopic (exact) mass is 375 g/mol. The van der Waals surface area contributed by atoms with Crippen molar-refractivity contribution in [3.8, 4) is 0 Å². The first-order valence-electron chi connectivity index (χ1n) is 8.86. The molecule has 0 aliphatic rings. The molecule has 0 aliphatic carbocycles. The maximum absolute atomic E-state index is 12.7. The second-order valence-corrected chi connectivity index (χ2v) is 7.98. The zero-order valence-electron chi connectivity index (χ0n) is 15.6. The molecule has 5 heteroatoms. The summed E-state index contributed by atoms with van der Waals surface area (Å²) in [6.45, 7) is 6.67. The number of fused-ring (bicyclic) bond motifs is 2. The minimum absolute atomic E-state index is 0.160. The lowest BCUT2D eigenvalue weighted by Gasteiger charge is -2.05. The van der Waals surface area contributed by atoms with Crippen molar-refractivity contribution in [2.75, 3.05) is 5.73 Å². The van der Waals surface area contributed by atoms with E-state index in [-0.39, 0.29) is 5.91 Å². The van der Waals surface area contributed by atoms with Crippen LogP contribution in [0.3, 0.4) is 0 Å². The third kappa shape index (κ3) is 3.26. The Bertz CT molecular complexity index is 1180. The maximum Gasteiger partial charge on any atom is 0.263 e. The largest absolute Gasteiger partial charge is 0.397 e. The van der Waals surface area contributed by atoms with Gasteiger partial charge in [0.05, 0.1) is 11.2 Å². The number of nitrogen functional groups attached to an aromatic ring is 1. The summed E-state index contributed by atoms with van der Waals surface area (Å²) in [5, 5.41) is 4.85. The van der Waals surface area contributed by atoms with Crippen molar-refractivity contribution in [3.63, 3.8) is 0 Å². The summed E-state index contributed by atoms with van der Waals surface area (Å²) in [7, 11) is 0. The van der Waals surface area contributed by atoms with Gasteiger partial charge in [-0.25, -0.2) is 4.98 Å². The smallest absolute Gasteiger partial charge is 0.263 e. The Labute approximate surface area is 162 Å². The molecule has 3 N–H and O–H groups in total. The lowest BCUT2D eigenvalue weighted by atomic mass is 10.1. The lowest BCUT2D eigenvalue weighted by Crippen LogP contribution is -2.22. The van der Waals surface area contributed by atoms with Crippen molar-refractivity contribution in [1.82, 2.24) is 10.3 Å². The van der Waals surface area contributed by atoms with Gasteiger partial charge in [-0.2, -0.15) is 0 Å². The lowest BCUT2D eigenvalue weighted by molar-refractivity contribution is 0.0956. The predicted octanol–water partition coefficient (Wildman–Crippen LogP) is 4.89. The number of pyridine rings is 1. The van der Waals surface area contributed by atoms with Crippen molar-refractivity contribution in [2.24, 2.45) is 0 Å². The van der Waals surface area contributed by atoms with Gasteiger partial charge in [0, 0.05) is 17.3 Å². The number of nitrogens with one attached hydrogen (secondary N) is 1. The Morgan fingerprint density at radius 2 is 1.78 bits per heavy atom. The molecule has 0 bridgehead atoms. The topological polar surface area (TPSA) is 68.0 Å². The molecule has 0 saturated carbocycles. The zero-order chi connectivity index (χ0) is 19.1. The fourth-order valence-corrected chi connectivity index (χ4v) is 4.11. The van der Waals surface area contributed by atoms with Crippen molar-refractivity contribution in [3.05, 3.63) is 69.6 Å². The number of anilines is 1. The molecule has 27 heavy (non-hydrogen) atoms. The van der Waals surface area contributed by atoms with Crippen LogP contribution >= 0.6 is 11.3 Å². The van der Waals surface area contributed by atoms with Gasteiger partial charge in [-0.05, 0) is 55.7 Å². The number of hydrogen-bond donors (Lipinski definition) is 2. The van der Waals surface area contributed by atoms with Gasteiger partial charge < -0.3 is 11.1 Å². The summed E-state index contributed by atoms with van der Waals surface area (Å²) >= 11 is 1.35. The Kier molecular flexibility index (Phi) is 4.32. The molecule has 4 aromatic rings. The number of aromatic nitrogens is 1. The molecule has 0 radical (unpaired) electrons. The van der Waals surface area contributed by atoms with E-state index in [1.54, 1.807) is 0 Å². The zero-order valence-corrected chi connectivity index (χ0v) is 16.4. The Hall–Kier alpha value is -2.92. The first-order valence-corrected chi connectivity index (χ1v) is 9.68. The van der Waals surface area contributed by atoms with Crippen LogP contribution in [0.2, 0.25) is 0 Å². The van der Waals surface area contributed by atoms with E-state index in [0.717, 1.165) is 26.7 Å². The van der Waals surface area contributed by atoms with Crippen molar-refractivity contribution >= 4 is 44.1 Å². The van der Waals surface area contributed by atoms with E-state index in [1.165, 1.54) is 28.0 Å². The van der Waals surface area contributed by atoms with Gasteiger partial charge >= 0.3 is 0 Å². The summed E-state index contributed by atoms with van der Waals surface area (Å²) < 4.78 is 0. The summed E-state index contributed by atoms with van der Waals surface area (Å²) in [5.41, 5.74) is 12.4. The van der Waals surface area contributed by atoms with Gasteiger partial charge in [-0.3, -0.25) is 4.79 Å². The highest BCUT2D eigenvalue weighted by molar-refractivity contribution is 7.21. The molecule has 1 amide bonds. The quantitative estimate of drug-likeness (QED) is 0.536. The highest BCUT2D eigenvalue weighted by Gasteiger charge is 2.18. The Balaban J connectivity index is 1.66. The van der Waals surface area contributed by atoms with E-state index in [1.807, 2.05) is 37.3 Å². The minimum Gasteiger partial charge on any atom is -0.397 e. The number of aryl methyl sites for hydroxylation is 3. The molecule has 2 aromatic heterocycles. The van der Waals surface area contributed by atoms with Gasteiger partial charge in [0.1, 0.15) is 9.71 Å². The van der Waals surface area contributed by atoms with Crippen LogP contribution in [-0.2, 0) is 6.54 Å². The van der Waals surface area contributed by atoms with Crippen molar-refractivity contribution in [2.45, 2.75) is 27.3 Å². The van der Waals surface area contributed by atoms with Crippen LogP contribution in [0.5, 0.6) is 0 Å². The number of benzene rings is 2. The molecule has 2 heterocycles. The van der Waals surface area contributed by atoms with Gasteiger partial charge in [0.25, 0.3) is 5.91 Å². The third-order valence-electron chi connectivity index (χ3n) is 4.91. The van der Waals surface area contributed by atoms with E-state index >= 15 is 0 Å². The summed E-state index contributed by atoms with van der Waals surface area (Å²) in [6.07, 6.45) is 0. The fraction of sp³-hybridized carbons (Fsp3) is 0.182. The molecule has 2 aromatic carbocycles. The summed E-state index contributed by atoms with van der Waals surface area (Å²) in [5.74, 6) is -0.160. The van der Waals surface area contributed by atoms with Crippen LogP contribution in [-0.4, -0.2) is 10.9 Å². The van der Waals surface area contributed by atoms with Crippen LogP contribution in [0.4, 0.5) is 5.69 Å². The number of amides is 1. The van der Waals surface area contributed by atoms with Gasteiger partial charge in [0.15, 0.2) is 0 Å². The number of nitrogens with two attached hydrogens (primary N) is 1. The highest BCUT2D eigenvalue weighted by atomic mass is 32.1. The van der Waals surface area contributed by atoms with Crippen LogP contribution in [0.1, 0.15) is 31.9 Å². The van der Waals surface area contributed by atoms with Crippen LogP contribution in [0.25, 0.3) is 21.1 Å². The molecule has 0 unspecified atom stereocenters. The average molecular weight is 375 g/mol. The first-order chi connectivity index (χ1) is 12.9. The normalized spacial score (nSPS) is 11.2. The van der Waals surface area contributed by atoms with Crippen LogP contribution in [0, 0.1) is 20.8 Å². The third-order valence-corrected chi connectivity index (χ3v) is 6.02. The molecule has 0 fully saturated rings. The molecule has 136 valence electrons. The minimum atomic E-state index is -0.160. The molecule has 0 spiro atoms. The molecule has 0 aliphatic heterocycles. The first kappa shape index (κ1) is 17.5. The predicted molar refractivity (Wildman–Crippen MR) is 113 cm³/mol. The number of thiophene rings is 1. The van der Waals surface area contributed by atoms with Crippen molar-refractivity contribution < 1.29 is 4.79 Å². The van der Waals surface area contributed by atoms with Gasteiger partial charge in [-0.1, -0.05) is 29.8 Å². The van der Waals surface area contributed by atoms with E-state index in [2.05, 4.69) is 31.3 Å². The molecule has 0 atom stereocenters. The molecule has 4 rings (SSSR count). The van der Waals surface area contributed by atoms with Crippen LogP contribution in [0.15, 0.2) is 42.5 Å². The highest BCUT2D eigenvalue weighted by Crippen LogP contribution is 2.35. The summed E-state index contributed by atoms with van der Waals surface area (Å²) in [6, 6.07) is 14.3. The number of rotatable bonds is 3. The van der Waals surface area contributed by atoms with E-state index in [0.29, 0.717) is 17.1 Å². The average Bonchev–Trinajstić information content (AvgIpc) is 2.96. The second kappa shape index (κ2) is 6.67. The molecule has 4 nitrogen and oxygen atoms in total. The molecular formula is C22H21N3OS. The van der Waals surface area contributed by atoms with Crippen molar-refractivity contribution in [1.29, 1.82) is 0 Å². The summed E-state index contributed by atoms with van der Waals surface area (Å²) in [4.78, 5) is 18.7. The second-order valence-electron chi connectivity index (χ2n) is 6.98. The maximum atomic E-state index is 12.7. The Morgan fingerprint density at radius 1 is 1.07 bits per heavy atom. The molecule has 0 saturated heterocycles. The van der Waals surface area contributed by atoms with Gasteiger partial charge in [-0.15, -0.1) is 11.3 Å².